The normalized spacial score (nSPS) is 20.4. The number of hydrogen-bond acceptors (Lipinski definition) is 4. The summed E-state index contributed by atoms with van der Waals surface area (Å²) in [4.78, 5) is 24.9. The van der Waals surface area contributed by atoms with E-state index in [0.717, 1.165) is 0 Å². The van der Waals surface area contributed by atoms with Crippen LogP contribution in [-0.4, -0.2) is 54.3 Å². The quantitative estimate of drug-likeness (QED) is 0.827. The molecule has 2 rings (SSSR count). The lowest BCUT2D eigenvalue weighted by molar-refractivity contribution is -0.140. The molecule has 0 bridgehead atoms. The number of amides is 1. The molecular formula is C18H25NO5. The average molecular weight is 335 g/mol. The second kappa shape index (κ2) is 8.15. The summed E-state index contributed by atoms with van der Waals surface area (Å²) >= 11 is 0. The van der Waals surface area contributed by atoms with E-state index < -0.39 is 5.97 Å². The van der Waals surface area contributed by atoms with Crippen LogP contribution in [0.25, 0.3) is 0 Å². The number of ether oxygens (including phenoxy) is 2. The fraction of sp³-hybridized carbons (Fsp3) is 0.556. The number of benzene rings is 1. The monoisotopic (exact) mass is 335 g/mol. The van der Waals surface area contributed by atoms with E-state index in [0.29, 0.717) is 24.6 Å². The Morgan fingerprint density at radius 1 is 1.29 bits per heavy atom. The maximum Gasteiger partial charge on any atom is 0.305 e. The minimum Gasteiger partial charge on any atom is -0.484 e. The summed E-state index contributed by atoms with van der Waals surface area (Å²) in [6, 6.07) is 7.31. The van der Waals surface area contributed by atoms with Crippen LogP contribution < -0.4 is 4.74 Å². The second-order valence-electron chi connectivity index (χ2n) is 6.40. The Morgan fingerprint density at radius 3 is 2.50 bits per heavy atom. The lowest BCUT2D eigenvalue weighted by Crippen LogP contribution is -2.40. The van der Waals surface area contributed by atoms with Gasteiger partial charge in [-0.3, -0.25) is 9.59 Å². The van der Waals surface area contributed by atoms with Crippen LogP contribution in [0.3, 0.4) is 0 Å². The van der Waals surface area contributed by atoms with Gasteiger partial charge < -0.3 is 19.5 Å². The molecule has 0 aliphatic carbocycles. The van der Waals surface area contributed by atoms with Gasteiger partial charge >= 0.3 is 5.97 Å². The minimum absolute atomic E-state index is 0.0747. The number of nitrogens with zero attached hydrogens (tertiary/aromatic N) is 1. The zero-order chi connectivity index (χ0) is 17.7. The third-order valence-corrected chi connectivity index (χ3v) is 4.35. The molecule has 0 aromatic heterocycles. The molecule has 2 atom stereocenters. The highest BCUT2D eigenvalue weighted by Crippen LogP contribution is 2.23. The summed E-state index contributed by atoms with van der Waals surface area (Å²) in [5.74, 6) is -0.0634. The molecule has 1 saturated heterocycles. The summed E-state index contributed by atoms with van der Waals surface area (Å²) in [5.41, 5.74) is 1.21. The van der Waals surface area contributed by atoms with E-state index in [2.05, 4.69) is 13.8 Å². The number of aliphatic carboxylic acids is 1. The number of carboxylic acids is 1. The van der Waals surface area contributed by atoms with Crippen molar-refractivity contribution in [1.29, 1.82) is 0 Å². The molecule has 24 heavy (non-hydrogen) atoms. The fourth-order valence-corrected chi connectivity index (χ4v) is 2.92. The summed E-state index contributed by atoms with van der Waals surface area (Å²) in [5, 5.41) is 9.00. The number of methoxy groups -OCH3 is 1. The Balaban J connectivity index is 1.93. The van der Waals surface area contributed by atoms with Crippen LogP contribution in [0, 0.1) is 0 Å². The molecule has 6 heteroatoms. The second-order valence-corrected chi connectivity index (χ2v) is 6.40. The number of rotatable bonds is 7. The van der Waals surface area contributed by atoms with Crippen LogP contribution in [0.15, 0.2) is 24.3 Å². The zero-order valence-corrected chi connectivity index (χ0v) is 14.4. The van der Waals surface area contributed by atoms with Crippen LogP contribution in [-0.2, 0) is 14.3 Å². The molecule has 132 valence electrons. The summed E-state index contributed by atoms with van der Waals surface area (Å²) in [6.45, 7) is 4.53. The largest absolute Gasteiger partial charge is 0.484 e. The highest BCUT2D eigenvalue weighted by molar-refractivity contribution is 5.79. The van der Waals surface area contributed by atoms with Gasteiger partial charge in [-0.2, -0.15) is 0 Å². The molecule has 1 N–H and O–H groups in total. The highest BCUT2D eigenvalue weighted by atomic mass is 16.5. The van der Waals surface area contributed by atoms with E-state index in [-0.39, 0.29) is 31.1 Å². The molecular weight excluding hydrogens is 310 g/mol. The molecule has 0 spiro atoms. The van der Waals surface area contributed by atoms with Crippen LogP contribution in [0.5, 0.6) is 5.75 Å². The van der Waals surface area contributed by atoms with E-state index in [4.69, 9.17) is 14.6 Å². The van der Waals surface area contributed by atoms with Gasteiger partial charge in [0.2, 0.25) is 0 Å². The van der Waals surface area contributed by atoms with Crippen LogP contribution in [0.4, 0.5) is 0 Å². The Kier molecular flexibility index (Phi) is 6.20. The molecule has 0 saturated carbocycles. The number of likely N-dealkylation sites (tertiary alicyclic amines) is 1. The molecule has 6 nitrogen and oxygen atoms in total. The molecule has 1 aromatic carbocycles. The van der Waals surface area contributed by atoms with E-state index in [1.807, 2.05) is 24.3 Å². The topological polar surface area (TPSA) is 76.1 Å². The van der Waals surface area contributed by atoms with Gasteiger partial charge in [0.25, 0.3) is 5.91 Å². The maximum atomic E-state index is 12.4. The SMILES string of the molecule is COC1CC(CC(=O)O)N(C(=O)COc2ccc(C(C)C)cc2)C1. The Labute approximate surface area is 142 Å². The minimum atomic E-state index is -0.917. The predicted molar refractivity (Wildman–Crippen MR) is 89.2 cm³/mol. The first-order valence-corrected chi connectivity index (χ1v) is 8.17. The standard InChI is InChI=1S/C18H25NO5/c1-12(2)13-4-6-15(7-5-13)24-11-17(20)19-10-16(23-3)8-14(19)9-18(21)22/h4-7,12,14,16H,8-11H2,1-3H3,(H,21,22). The molecule has 1 aromatic rings. The highest BCUT2D eigenvalue weighted by Gasteiger charge is 2.36. The van der Waals surface area contributed by atoms with Gasteiger partial charge in [-0.15, -0.1) is 0 Å². The van der Waals surface area contributed by atoms with Crippen molar-refractivity contribution in [3.63, 3.8) is 0 Å². The molecule has 1 aliphatic heterocycles. The Bertz CT molecular complexity index is 569. The average Bonchev–Trinajstić information content (AvgIpc) is 2.95. The summed E-state index contributed by atoms with van der Waals surface area (Å²) in [6.07, 6.45) is 0.343. The first kappa shape index (κ1) is 18.3. The van der Waals surface area contributed by atoms with Crippen LogP contribution in [0.2, 0.25) is 0 Å². The van der Waals surface area contributed by atoms with E-state index in [9.17, 15) is 9.59 Å². The lowest BCUT2D eigenvalue weighted by Gasteiger charge is -2.23. The predicted octanol–water partition coefficient (Wildman–Crippen LogP) is 2.28. The van der Waals surface area contributed by atoms with E-state index >= 15 is 0 Å². The van der Waals surface area contributed by atoms with Crippen molar-refractivity contribution in [3.8, 4) is 5.75 Å². The maximum absolute atomic E-state index is 12.4. The third-order valence-electron chi connectivity index (χ3n) is 4.35. The van der Waals surface area contributed by atoms with Crippen molar-refractivity contribution in [2.45, 2.75) is 44.8 Å². The van der Waals surface area contributed by atoms with Crippen molar-refractivity contribution in [2.75, 3.05) is 20.3 Å². The molecule has 1 heterocycles. The smallest absolute Gasteiger partial charge is 0.305 e. The van der Waals surface area contributed by atoms with Gasteiger partial charge in [0, 0.05) is 19.7 Å². The van der Waals surface area contributed by atoms with Crippen molar-refractivity contribution in [1.82, 2.24) is 4.90 Å². The van der Waals surface area contributed by atoms with Gasteiger partial charge in [0.05, 0.1) is 12.5 Å². The number of carboxylic acid groups (broad SMARTS) is 1. The lowest BCUT2D eigenvalue weighted by atomic mass is 10.0. The summed E-state index contributed by atoms with van der Waals surface area (Å²) < 4.78 is 10.8. The molecule has 0 radical (unpaired) electrons. The molecule has 1 aliphatic rings. The molecule has 2 unspecified atom stereocenters. The van der Waals surface area contributed by atoms with Crippen molar-refractivity contribution < 1.29 is 24.2 Å². The van der Waals surface area contributed by atoms with E-state index in [1.165, 1.54) is 5.56 Å². The Morgan fingerprint density at radius 2 is 1.96 bits per heavy atom. The van der Waals surface area contributed by atoms with Crippen LogP contribution >= 0.6 is 0 Å². The van der Waals surface area contributed by atoms with Gasteiger partial charge in [0.15, 0.2) is 6.61 Å². The van der Waals surface area contributed by atoms with Crippen LogP contribution in [0.1, 0.15) is 38.2 Å². The van der Waals surface area contributed by atoms with Gasteiger partial charge in [0.1, 0.15) is 5.75 Å². The Hall–Kier alpha value is -2.08. The number of hydrogen-bond donors (Lipinski definition) is 1. The fourth-order valence-electron chi connectivity index (χ4n) is 2.92. The third kappa shape index (κ3) is 4.71. The summed E-state index contributed by atoms with van der Waals surface area (Å²) in [7, 11) is 1.57. The van der Waals surface area contributed by atoms with Crippen molar-refractivity contribution in [3.05, 3.63) is 29.8 Å². The zero-order valence-electron chi connectivity index (χ0n) is 14.4. The number of carbonyl (C=O) groups is 2. The number of carbonyl (C=O) groups excluding carboxylic acids is 1. The molecule has 1 fully saturated rings. The first-order chi connectivity index (χ1) is 11.4. The van der Waals surface area contributed by atoms with Gasteiger partial charge in [-0.05, 0) is 30.0 Å². The van der Waals surface area contributed by atoms with E-state index in [1.54, 1.807) is 12.0 Å². The van der Waals surface area contributed by atoms with Crippen molar-refractivity contribution in [2.24, 2.45) is 0 Å². The van der Waals surface area contributed by atoms with Crippen molar-refractivity contribution >= 4 is 11.9 Å². The van der Waals surface area contributed by atoms with Gasteiger partial charge in [-0.25, -0.2) is 0 Å². The van der Waals surface area contributed by atoms with Gasteiger partial charge in [-0.1, -0.05) is 26.0 Å². The first-order valence-electron chi connectivity index (χ1n) is 8.17. The molecule has 1 amide bonds.